The average molecular weight is 467 g/mol. The number of hydrogen-bond donors (Lipinski definition) is 0. The first-order valence-electron chi connectivity index (χ1n) is 9.74. The third-order valence-electron chi connectivity index (χ3n) is 4.30. The summed E-state index contributed by atoms with van der Waals surface area (Å²) in [5, 5.41) is -0.0422. The van der Waals surface area contributed by atoms with E-state index in [0.717, 1.165) is 6.07 Å². The minimum Gasteiger partial charge on any atom is -0.462 e. The summed E-state index contributed by atoms with van der Waals surface area (Å²) in [5.74, 6) is -1.36. The van der Waals surface area contributed by atoms with E-state index in [1.807, 2.05) is 4.90 Å². The van der Waals surface area contributed by atoms with Crippen molar-refractivity contribution in [2.45, 2.75) is 46.2 Å². The third-order valence-corrected chi connectivity index (χ3v) is 4.63. The van der Waals surface area contributed by atoms with Crippen LogP contribution in [0.5, 0.6) is 5.75 Å². The molecule has 0 radical (unpaired) electrons. The smallest absolute Gasteiger partial charge is 0.462 e. The number of alkyl halides is 3. The number of amides is 1. The molecule has 1 saturated heterocycles. The number of carbonyl (C=O) groups is 2. The zero-order valence-electron chi connectivity index (χ0n) is 17.8. The van der Waals surface area contributed by atoms with E-state index in [9.17, 15) is 22.8 Å². The lowest BCUT2D eigenvalue weighted by Gasteiger charge is -2.36. The van der Waals surface area contributed by atoms with Crippen molar-refractivity contribution in [2.75, 3.05) is 32.8 Å². The molecule has 1 aliphatic heterocycles. The van der Waals surface area contributed by atoms with Gasteiger partial charge in [0.15, 0.2) is 0 Å². The number of ether oxygens (including phenoxy) is 3. The van der Waals surface area contributed by atoms with Crippen molar-refractivity contribution < 1.29 is 37.0 Å². The highest BCUT2D eigenvalue weighted by Gasteiger charge is 2.34. The molecule has 1 heterocycles. The second-order valence-corrected chi connectivity index (χ2v) is 8.35. The predicted molar refractivity (Wildman–Crippen MR) is 107 cm³/mol. The molecule has 11 heteroatoms. The van der Waals surface area contributed by atoms with Gasteiger partial charge in [0.2, 0.25) is 0 Å². The number of rotatable bonds is 5. The highest BCUT2D eigenvalue weighted by atomic mass is 35.5. The van der Waals surface area contributed by atoms with Gasteiger partial charge in [-0.3, -0.25) is 4.90 Å². The molecular formula is C20H26ClF3N2O5. The maximum Gasteiger partial charge on any atom is 0.573 e. The summed E-state index contributed by atoms with van der Waals surface area (Å²) in [4.78, 5) is 27.5. The maximum absolute atomic E-state index is 12.9. The number of benzene rings is 1. The van der Waals surface area contributed by atoms with Gasteiger partial charge in [0.1, 0.15) is 11.4 Å². The fourth-order valence-electron chi connectivity index (χ4n) is 2.95. The van der Waals surface area contributed by atoms with E-state index in [-0.39, 0.29) is 29.3 Å². The van der Waals surface area contributed by atoms with Crippen LogP contribution in [0.2, 0.25) is 5.02 Å². The minimum absolute atomic E-state index is 0.0422. The van der Waals surface area contributed by atoms with Crippen molar-refractivity contribution >= 4 is 23.7 Å². The monoisotopic (exact) mass is 466 g/mol. The van der Waals surface area contributed by atoms with Gasteiger partial charge in [0.05, 0.1) is 12.2 Å². The number of esters is 1. The van der Waals surface area contributed by atoms with Crippen LogP contribution in [0.1, 0.15) is 43.6 Å². The van der Waals surface area contributed by atoms with Crippen molar-refractivity contribution in [1.29, 1.82) is 0 Å². The van der Waals surface area contributed by atoms with E-state index in [1.165, 1.54) is 6.07 Å². The molecule has 1 aliphatic rings. The van der Waals surface area contributed by atoms with Crippen LogP contribution in [0, 0.1) is 0 Å². The Morgan fingerprint density at radius 1 is 1.10 bits per heavy atom. The molecule has 0 aromatic heterocycles. The summed E-state index contributed by atoms with van der Waals surface area (Å²) in [7, 11) is 0. The molecule has 1 aromatic rings. The number of hydrogen-bond acceptors (Lipinski definition) is 6. The molecule has 0 spiro atoms. The lowest BCUT2D eigenvalue weighted by Crippen LogP contribution is -2.49. The molecule has 0 N–H and O–H groups in total. The largest absolute Gasteiger partial charge is 0.573 e. The summed E-state index contributed by atoms with van der Waals surface area (Å²) >= 11 is 6.21. The summed E-state index contributed by atoms with van der Waals surface area (Å²) < 4.78 is 53.1. The average Bonchev–Trinajstić information content (AvgIpc) is 2.62. The molecule has 1 amide bonds. The van der Waals surface area contributed by atoms with E-state index in [4.69, 9.17) is 21.1 Å². The van der Waals surface area contributed by atoms with Crippen LogP contribution < -0.4 is 4.74 Å². The molecule has 0 saturated carbocycles. The number of piperazine rings is 1. The lowest BCUT2D eigenvalue weighted by atomic mass is 10.1. The van der Waals surface area contributed by atoms with E-state index < -0.39 is 29.8 Å². The highest BCUT2D eigenvalue weighted by Crippen LogP contribution is 2.34. The summed E-state index contributed by atoms with van der Waals surface area (Å²) in [6, 6.07) is 2.23. The van der Waals surface area contributed by atoms with Crippen LogP contribution in [0.25, 0.3) is 0 Å². The molecule has 174 valence electrons. The van der Waals surface area contributed by atoms with Gasteiger partial charge in [-0.2, -0.15) is 0 Å². The quantitative estimate of drug-likeness (QED) is 0.596. The summed E-state index contributed by atoms with van der Waals surface area (Å²) in [6.07, 6.45) is -5.40. The zero-order chi connectivity index (χ0) is 23.4. The molecule has 1 aromatic carbocycles. The molecule has 7 nitrogen and oxygen atoms in total. The Bertz CT molecular complexity index is 803. The van der Waals surface area contributed by atoms with Crippen molar-refractivity contribution in [3.63, 3.8) is 0 Å². The van der Waals surface area contributed by atoms with Gasteiger partial charge < -0.3 is 19.1 Å². The fourth-order valence-corrected chi connectivity index (χ4v) is 3.22. The van der Waals surface area contributed by atoms with Crippen molar-refractivity contribution in [3.05, 3.63) is 28.3 Å². The van der Waals surface area contributed by atoms with Gasteiger partial charge in [0, 0.05) is 43.3 Å². The number of nitrogens with zero attached hydrogens (tertiary/aromatic N) is 2. The third kappa shape index (κ3) is 7.77. The molecule has 1 fully saturated rings. The SMILES string of the molecule is CCOC(=O)c1cc(Cl)c(CN2CCN(C(=O)OC(C)(C)C)CC2)c(OC(F)(F)F)c1. The van der Waals surface area contributed by atoms with Gasteiger partial charge in [-0.05, 0) is 39.8 Å². The van der Waals surface area contributed by atoms with E-state index in [1.54, 1.807) is 32.6 Å². The van der Waals surface area contributed by atoms with Crippen LogP contribution >= 0.6 is 11.6 Å². The van der Waals surface area contributed by atoms with E-state index in [0.29, 0.717) is 26.2 Å². The second kappa shape index (κ2) is 9.95. The highest BCUT2D eigenvalue weighted by molar-refractivity contribution is 6.32. The van der Waals surface area contributed by atoms with E-state index >= 15 is 0 Å². The standard InChI is InChI=1S/C20H26ClF3N2O5/c1-5-29-17(27)13-10-15(21)14(16(11-13)30-20(22,23)24)12-25-6-8-26(9-7-25)18(28)31-19(2,3)4/h10-11H,5-9,12H2,1-4H3. The Kier molecular flexibility index (Phi) is 8.04. The second-order valence-electron chi connectivity index (χ2n) is 7.95. The Morgan fingerprint density at radius 3 is 2.23 bits per heavy atom. The first-order chi connectivity index (χ1) is 14.3. The molecular weight excluding hydrogens is 441 g/mol. The van der Waals surface area contributed by atoms with Gasteiger partial charge in [-0.25, -0.2) is 9.59 Å². The Labute approximate surface area is 184 Å². The van der Waals surface area contributed by atoms with Crippen molar-refractivity contribution in [3.8, 4) is 5.75 Å². The maximum atomic E-state index is 12.9. The van der Waals surface area contributed by atoms with Gasteiger partial charge >= 0.3 is 18.4 Å². The molecule has 0 bridgehead atoms. The number of carbonyl (C=O) groups excluding carboxylic acids is 2. The van der Waals surface area contributed by atoms with Crippen LogP contribution in [-0.4, -0.2) is 66.6 Å². The Morgan fingerprint density at radius 2 is 1.71 bits per heavy atom. The number of halogens is 4. The fraction of sp³-hybridized carbons (Fsp3) is 0.600. The van der Waals surface area contributed by atoms with Gasteiger partial charge in [-0.1, -0.05) is 11.6 Å². The Hall–Kier alpha value is -2.20. The Balaban J connectivity index is 2.15. The van der Waals surface area contributed by atoms with Crippen molar-refractivity contribution in [2.24, 2.45) is 0 Å². The van der Waals surface area contributed by atoms with Crippen LogP contribution in [0.3, 0.4) is 0 Å². The van der Waals surface area contributed by atoms with Crippen LogP contribution in [0.15, 0.2) is 12.1 Å². The van der Waals surface area contributed by atoms with Crippen LogP contribution in [0.4, 0.5) is 18.0 Å². The zero-order valence-corrected chi connectivity index (χ0v) is 18.6. The molecule has 0 atom stereocenters. The van der Waals surface area contributed by atoms with Crippen molar-refractivity contribution in [1.82, 2.24) is 9.80 Å². The first-order valence-corrected chi connectivity index (χ1v) is 10.1. The normalized spacial score (nSPS) is 15.5. The molecule has 31 heavy (non-hydrogen) atoms. The molecule has 0 unspecified atom stereocenters. The summed E-state index contributed by atoms with van der Waals surface area (Å²) in [6.45, 7) is 8.51. The minimum atomic E-state index is -4.96. The lowest BCUT2D eigenvalue weighted by molar-refractivity contribution is -0.275. The van der Waals surface area contributed by atoms with Crippen LogP contribution in [-0.2, 0) is 16.0 Å². The molecule has 0 aliphatic carbocycles. The first kappa shape index (κ1) is 25.1. The topological polar surface area (TPSA) is 68.3 Å². The van der Waals surface area contributed by atoms with Gasteiger partial charge in [-0.15, -0.1) is 13.2 Å². The van der Waals surface area contributed by atoms with Gasteiger partial charge in [0.25, 0.3) is 0 Å². The predicted octanol–water partition coefficient (Wildman–Crippen LogP) is 4.47. The molecule has 2 rings (SSSR count). The van der Waals surface area contributed by atoms with E-state index in [2.05, 4.69) is 4.74 Å². The summed E-state index contributed by atoms with van der Waals surface area (Å²) in [5.41, 5.74) is -0.658.